The Morgan fingerprint density at radius 1 is 1.33 bits per heavy atom. The van der Waals surface area contributed by atoms with Crippen LogP contribution in [0.15, 0.2) is 0 Å². The molecular weight excluding hydrogens is 256 g/mol. The molecule has 0 spiro atoms. The molecule has 18 heavy (non-hydrogen) atoms. The highest BCUT2D eigenvalue weighted by Gasteiger charge is 2.23. The van der Waals surface area contributed by atoms with Crippen LogP contribution in [0.1, 0.15) is 26.7 Å². The maximum Gasteiger partial charge on any atom is 0.211 e. The second-order valence-corrected chi connectivity index (χ2v) is 7.59. The summed E-state index contributed by atoms with van der Waals surface area (Å²) in [5.41, 5.74) is -0.139. The van der Waals surface area contributed by atoms with E-state index in [4.69, 9.17) is 0 Å². The minimum Gasteiger partial charge on any atom is -0.550 e. The van der Waals surface area contributed by atoms with Crippen molar-refractivity contribution in [3.8, 4) is 0 Å². The van der Waals surface area contributed by atoms with Gasteiger partial charge in [0.25, 0.3) is 0 Å². The molecule has 0 aliphatic rings. The third kappa shape index (κ3) is 9.38. The molecule has 0 rings (SSSR count). The first kappa shape index (κ1) is 17.3. The van der Waals surface area contributed by atoms with E-state index in [1.807, 2.05) is 27.9 Å². The van der Waals surface area contributed by atoms with Crippen LogP contribution in [0.2, 0.25) is 0 Å². The van der Waals surface area contributed by atoms with Crippen LogP contribution in [0.5, 0.6) is 0 Å². The molecule has 0 radical (unpaired) electrons. The maximum atomic E-state index is 11.6. The Labute approximate surface area is 109 Å². The van der Waals surface area contributed by atoms with Crippen LogP contribution in [0.25, 0.3) is 0 Å². The summed E-state index contributed by atoms with van der Waals surface area (Å²) in [5.74, 6) is -1.40. The lowest BCUT2D eigenvalue weighted by atomic mass is 9.93. The molecule has 108 valence electrons. The Morgan fingerprint density at radius 2 is 1.89 bits per heavy atom. The lowest BCUT2D eigenvalue weighted by Gasteiger charge is -2.26. The van der Waals surface area contributed by atoms with Gasteiger partial charge >= 0.3 is 0 Å². The Balaban J connectivity index is 4.14. The third-order valence-electron chi connectivity index (χ3n) is 2.40. The predicted molar refractivity (Wildman–Crippen MR) is 67.5 cm³/mol. The summed E-state index contributed by atoms with van der Waals surface area (Å²) >= 11 is 0. The van der Waals surface area contributed by atoms with Crippen molar-refractivity contribution in [2.45, 2.75) is 26.7 Å². The first-order chi connectivity index (χ1) is 8.04. The van der Waals surface area contributed by atoms with Gasteiger partial charge in [0.05, 0.1) is 26.4 Å². The van der Waals surface area contributed by atoms with Gasteiger partial charge in [0.15, 0.2) is 0 Å². The van der Waals surface area contributed by atoms with E-state index in [2.05, 4.69) is 4.72 Å². The molecular formula is C11H24N2O4S. The van der Waals surface area contributed by atoms with E-state index < -0.39 is 16.0 Å². The van der Waals surface area contributed by atoms with Crippen LogP contribution >= 0.6 is 0 Å². The van der Waals surface area contributed by atoms with Gasteiger partial charge in [-0.05, 0) is 12.8 Å². The van der Waals surface area contributed by atoms with E-state index in [0.717, 1.165) is 6.54 Å². The van der Waals surface area contributed by atoms with E-state index in [0.29, 0.717) is 6.54 Å². The van der Waals surface area contributed by atoms with Crippen molar-refractivity contribution in [3.05, 3.63) is 0 Å². The predicted octanol–water partition coefficient (Wildman–Crippen LogP) is -2.39. The van der Waals surface area contributed by atoms with Crippen molar-refractivity contribution in [3.63, 3.8) is 0 Å². The minimum atomic E-state index is -3.40. The van der Waals surface area contributed by atoms with Crippen LogP contribution in [0, 0.1) is 5.41 Å². The Bertz CT molecular complexity index is 363. The van der Waals surface area contributed by atoms with Crippen LogP contribution < -0.4 is 14.7 Å². The lowest BCUT2D eigenvalue weighted by Crippen LogP contribution is -3.07. The molecule has 0 heterocycles. The molecule has 0 unspecified atom stereocenters. The van der Waals surface area contributed by atoms with Gasteiger partial charge in [-0.3, -0.25) is 0 Å². The van der Waals surface area contributed by atoms with E-state index >= 15 is 0 Å². The highest BCUT2D eigenvalue weighted by atomic mass is 32.2. The van der Waals surface area contributed by atoms with Gasteiger partial charge in [-0.1, -0.05) is 13.8 Å². The summed E-state index contributed by atoms with van der Waals surface area (Å²) in [4.78, 5) is 11.4. The van der Waals surface area contributed by atoms with Crippen LogP contribution in [0.4, 0.5) is 0 Å². The first-order valence-electron chi connectivity index (χ1n) is 6.00. The van der Waals surface area contributed by atoms with Crippen molar-refractivity contribution in [1.82, 2.24) is 4.72 Å². The Hall–Kier alpha value is -0.660. The lowest BCUT2D eigenvalue weighted by molar-refractivity contribution is -0.865. The number of carbonyl (C=O) groups is 1. The summed E-state index contributed by atoms with van der Waals surface area (Å²) in [6.07, 6.45) is -0.150. The fraction of sp³-hybridized carbons (Fsp3) is 0.909. The van der Waals surface area contributed by atoms with Crippen LogP contribution in [-0.2, 0) is 14.8 Å². The summed E-state index contributed by atoms with van der Waals surface area (Å²) in [7, 11) is 0.623. The van der Waals surface area contributed by atoms with Gasteiger partial charge in [-0.2, -0.15) is 0 Å². The van der Waals surface area contributed by atoms with E-state index in [-0.39, 0.29) is 24.0 Å². The molecule has 0 aromatic carbocycles. The quantitative estimate of drug-likeness (QED) is 0.493. The standard InChI is InChI=1S/C11H24N2O4S/c1-11(2,9-13(3)4)8-12-18(16,17)7-5-6-10(14)15/h12H,5-9H2,1-4H3,(H,14,15). The molecule has 0 aromatic rings. The largest absolute Gasteiger partial charge is 0.550 e. The van der Waals surface area contributed by atoms with E-state index in [1.54, 1.807) is 0 Å². The summed E-state index contributed by atoms with van der Waals surface area (Å²) in [5, 5.41) is 10.2. The average Bonchev–Trinajstić information content (AvgIpc) is 2.12. The number of nitrogens with one attached hydrogen (secondary N) is 2. The molecule has 0 saturated carbocycles. The smallest absolute Gasteiger partial charge is 0.211 e. The third-order valence-corrected chi connectivity index (χ3v) is 3.81. The minimum absolute atomic E-state index is 0.0804. The molecule has 0 amide bonds. The van der Waals surface area contributed by atoms with Gasteiger partial charge in [0.2, 0.25) is 10.0 Å². The Kier molecular flexibility index (Phi) is 6.80. The zero-order valence-corrected chi connectivity index (χ0v) is 12.4. The van der Waals surface area contributed by atoms with Crippen molar-refractivity contribution < 1.29 is 23.2 Å². The second-order valence-electron chi connectivity index (χ2n) is 5.66. The molecule has 7 heteroatoms. The highest BCUT2D eigenvalue weighted by Crippen LogP contribution is 2.10. The number of aliphatic carboxylic acids is 1. The number of carboxylic acid groups (broad SMARTS) is 1. The zero-order chi connectivity index (χ0) is 14.4. The molecule has 0 atom stereocenters. The molecule has 0 aromatic heterocycles. The number of carboxylic acids is 1. The molecule has 0 fully saturated rings. The van der Waals surface area contributed by atoms with Gasteiger partial charge in [-0.15, -0.1) is 0 Å². The van der Waals surface area contributed by atoms with Crippen LogP contribution in [0.3, 0.4) is 0 Å². The number of rotatable bonds is 9. The van der Waals surface area contributed by atoms with E-state index in [9.17, 15) is 18.3 Å². The fourth-order valence-electron chi connectivity index (χ4n) is 1.80. The molecule has 0 aliphatic heterocycles. The highest BCUT2D eigenvalue weighted by molar-refractivity contribution is 7.89. The molecule has 0 bridgehead atoms. The Morgan fingerprint density at radius 3 is 2.33 bits per heavy atom. The zero-order valence-electron chi connectivity index (χ0n) is 11.6. The molecule has 6 nitrogen and oxygen atoms in total. The fourth-order valence-corrected chi connectivity index (χ4v) is 3.08. The molecule has 0 aliphatic carbocycles. The monoisotopic (exact) mass is 280 g/mol. The topological polar surface area (TPSA) is 90.7 Å². The van der Waals surface area contributed by atoms with Crippen molar-refractivity contribution >= 4 is 16.0 Å². The number of carbonyl (C=O) groups excluding carboxylic acids is 1. The summed E-state index contributed by atoms with van der Waals surface area (Å²) < 4.78 is 25.8. The first-order valence-corrected chi connectivity index (χ1v) is 7.65. The maximum absolute atomic E-state index is 11.6. The second kappa shape index (κ2) is 7.06. The van der Waals surface area contributed by atoms with Gasteiger partial charge < -0.3 is 14.8 Å². The van der Waals surface area contributed by atoms with Crippen molar-refractivity contribution in [2.75, 3.05) is 32.9 Å². The van der Waals surface area contributed by atoms with Crippen molar-refractivity contribution in [2.24, 2.45) is 5.41 Å². The average molecular weight is 280 g/mol. The normalized spacial score (nSPS) is 12.9. The molecule has 0 saturated heterocycles. The summed E-state index contributed by atoms with van der Waals surface area (Å²) in [6, 6.07) is 0. The number of quaternary nitrogens is 1. The van der Waals surface area contributed by atoms with Gasteiger partial charge in [-0.25, -0.2) is 13.1 Å². The van der Waals surface area contributed by atoms with Gasteiger partial charge in [0.1, 0.15) is 0 Å². The van der Waals surface area contributed by atoms with E-state index in [1.165, 1.54) is 4.90 Å². The van der Waals surface area contributed by atoms with Gasteiger partial charge in [0, 0.05) is 17.9 Å². The molecule has 2 N–H and O–H groups in total. The van der Waals surface area contributed by atoms with Crippen LogP contribution in [-0.4, -0.2) is 47.3 Å². The SMILES string of the molecule is C[NH+](C)CC(C)(C)CNS(=O)(=O)CCCC(=O)[O-]. The number of sulfonamides is 1. The number of hydrogen-bond donors (Lipinski definition) is 2. The number of hydrogen-bond acceptors (Lipinski definition) is 4. The van der Waals surface area contributed by atoms with Crippen molar-refractivity contribution in [1.29, 1.82) is 0 Å². The summed E-state index contributed by atoms with van der Waals surface area (Å²) in [6.45, 7) is 5.17.